The Labute approximate surface area is 127 Å². The number of rotatable bonds is 5. The highest BCUT2D eigenvalue weighted by atomic mass is 16.4. The van der Waals surface area contributed by atoms with E-state index in [4.69, 9.17) is 0 Å². The molecule has 3 atom stereocenters. The molecule has 0 aromatic heterocycles. The van der Waals surface area contributed by atoms with Crippen molar-refractivity contribution < 1.29 is 9.90 Å². The lowest BCUT2D eigenvalue weighted by atomic mass is 9.86. The van der Waals surface area contributed by atoms with E-state index < -0.39 is 11.5 Å². The number of nitrogens with zero attached hydrogens (tertiary/aromatic N) is 1. The Morgan fingerprint density at radius 1 is 1.29 bits per heavy atom. The van der Waals surface area contributed by atoms with Gasteiger partial charge in [0.05, 0.1) is 0 Å². The first-order valence-corrected chi connectivity index (χ1v) is 7.68. The molecule has 116 valence electrons. The van der Waals surface area contributed by atoms with E-state index in [0.717, 1.165) is 18.7 Å². The summed E-state index contributed by atoms with van der Waals surface area (Å²) in [4.78, 5) is 14.3. The van der Waals surface area contributed by atoms with E-state index in [1.54, 1.807) is 7.05 Å². The van der Waals surface area contributed by atoms with Crippen LogP contribution in [0.4, 0.5) is 0 Å². The molecule has 1 fully saturated rings. The maximum Gasteiger partial charge on any atom is 0.329 e. The molecule has 1 heterocycles. The fourth-order valence-corrected chi connectivity index (χ4v) is 3.59. The van der Waals surface area contributed by atoms with Crippen LogP contribution in [0.3, 0.4) is 0 Å². The second kappa shape index (κ2) is 6.58. The molecule has 2 rings (SSSR count). The number of likely N-dealkylation sites (tertiary alicyclic amines) is 1. The first kappa shape index (κ1) is 16.0. The fraction of sp³-hybridized carbons (Fsp3) is 0.588. The van der Waals surface area contributed by atoms with Crippen molar-refractivity contribution in [1.29, 1.82) is 0 Å². The SMILES string of the molecule is CNC(CN1CC(C)CC(C)C1)(C(=O)O)c1ccccc1. The van der Waals surface area contributed by atoms with Gasteiger partial charge in [0.25, 0.3) is 0 Å². The number of carboxylic acid groups (broad SMARTS) is 1. The molecule has 4 heteroatoms. The third-order valence-electron chi connectivity index (χ3n) is 4.46. The average Bonchev–Trinajstić information content (AvgIpc) is 2.44. The Kier molecular flexibility index (Phi) is 5.01. The van der Waals surface area contributed by atoms with Crippen molar-refractivity contribution in [1.82, 2.24) is 10.2 Å². The quantitative estimate of drug-likeness (QED) is 0.872. The minimum absolute atomic E-state index is 0.498. The van der Waals surface area contributed by atoms with E-state index in [1.807, 2.05) is 30.3 Å². The van der Waals surface area contributed by atoms with Gasteiger partial charge in [0.15, 0.2) is 5.54 Å². The van der Waals surface area contributed by atoms with Crippen LogP contribution in [0, 0.1) is 11.8 Å². The minimum atomic E-state index is -1.04. The molecule has 0 radical (unpaired) electrons. The molecule has 1 aromatic carbocycles. The van der Waals surface area contributed by atoms with Gasteiger partial charge in [0.1, 0.15) is 0 Å². The van der Waals surface area contributed by atoms with Gasteiger partial charge in [0.2, 0.25) is 0 Å². The molecule has 1 aliphatic heterocycles. The zero-order valence-corrected chi connectivity index (χ0v) is 13.2. The summed E-state index contributed by atoms with van der Waals surface area (Å²) in [7, 11) is 1.73. The predicted molar refractivity (Wildman–Crippen MR) is 84.2 cm³/mol. The standard InChI is InChI=1S/C17H26N2O2/c1-13-9-14(2)11-19(10-13)12-17(18-3,16(20)21)15-7-5-4-6-8-15/h4-8,13-14,18H,9-12H2,1-3H3,(H,20,21). The van der Waals surface area contributed by atoms with E-state index in [-0.39, 0.29) is 0 Å². The monoisotopic (exact) mass is 290 g/mol. The van der Waals surface area contributed by atoms with Gasteiger partial charge in [-0.3, -0.25) is 0 Å². The number of piperidine rings is 1. The van der Waals surface area contributed by atoms with Crippen LogP contribution in [-0.2, 0) is 10.3 Å². The Balaban J connectivity index is 2.27. The molecule has 0 saturated carbocycles. The molecular formula is C17H26N2O2. The van der Waals surface area contributed by atoms with E-state index in [9.17, 15) is 9.90 Å². The summed E-state index contributed by atoms with van der Waals surface area (Å²) in [5.74, 6) is 0.419. The van der Waals surface area contributed by atoms with Crippen molar-refractivity contribution in [2.45, 2.75) is 25.8 Å². The number of carbonyl (C=O) groups is 1. The maximum absolute atomic E-state index is 12.0. The number of hydrogen-bond donors (Lipinski definition) is 2. The summed E-state index contributed by atoms with van der Waals surface area (Å²) in [6.45, 7) is 6.92. The molecule has 1 saturated heterocycles. The molecular weight excluding hydrogens is 264 g/mol. The summed E-state index contributed by atoms with van der Waals surface area (Å²) in [5.41, 5.74) is -0.233. The topological polar surface area (TPSA) is 52.6 Å². The molecule has 1 aliphatic rings. The summed E-state index contributed by atoms with van der Waals surface area (Å²) in [5, 5.41) is 12.9. The van der Waals surface area contributed by atoms with Crippen molar-refractivity contribution >= 4 is 5.97 Å². The third kappa shape index (κ3) is 3.44. The van der Waals surface area contributed by atoms with Crippen LogP contribution < -0.4 is 5.32 Å². The lowest BCUT2D eigenvalue weighted by Crippen LogP contribution is -2.57. The summed E-state index contributed by atoms with van der Waals surface area (Å²) < 4.78 is 0. The van der Waals surface area contributed by atoms with Gasteiger partial charge in [-0.25, -0.2) is 4.79 Å². The van der Waals surface area contributed by atoms with Gasteiger partial charge in [-0.15, -0.1) is 0 Å². The smallest absolute Gasteiger partial charge is 0.329 e. The molecule has 0 amide bonds. The molecule has 2 N–H and O–H groups in total. The van der Waals surface area contributed by atoms with Gasteiger partial charge in [-0.1, -0.05) is 44.2 Å². The van der Waals surface area contributed by atoms with Crippen LogP contribution in [0.2, 0.25) is 0 Å². The molecule has 3 unspecified atom stereocenters. The van der Waals surface area contributed by atoms with Crippen LogP contribution >= 0.6 is 0 Å². The van der Waals surface area contributed by atoms with Crippen molar-refractivity contribution in [3.8, 4) is 0 Å². The molecule has 1 aromatic rings. The van der Waals surface area contributed by atoms with E-state index in [1.165, 1.54) is 6.42 Å². The van der Waals surface area contributed by atoms with Crippen molar-refractivity contribution in [2.75, 3.05) is 26.7 Å². The highest BCUT2D eigenvalue weighted by molar-refractivity contribution is 5.81. The number of benzene rings is 1. The number of likely N-dealkylation sites (N-methyl/N-ethyl adjacent to an activating group) is 1. The first-order chi connectivity index (χ1) is 9.98. The second-order valence-corrected chi connectivity index (χ2v) is 6.47. The highest BCUT2D eigenvalue weighted by Crippen LogP contribution is 2.27. The Morgan fingerprint density at radius 3 is 2.33 bits per heavy atom. The molecule has 0 aliphatic carbocycles. The summed E-state index contributed by atoms with van der Waals surface area (Å²) >= 11 is 0. The van der Waals surface area contributed by atoms with Gasteiger partial charge < -0.3 is 15.3 Å². The zero-order chi connectivity index (χ0) is 15.5. The van der Waals surface area contributed by atoms with Crippen LogP contribution in [-0.4, -0.2) is 42.7 Å². The summed E-state index contributed by atoms with van der Waals surface area (Å²) in [6, 6.07) is 9.48. The van der Waals surface area contributed by atoms with Crippen LogP contribution in [0.5, 0.6) is 0 Å². The van der Waals surface area contributed by atoms with Crippen molar-refractivity contribution in [3.05, 3.63) is 35.9 Å². The normalized spacial score (nSPS) is 26.2. The van der Waals surface area contributed by atoms with Gasteiger partial charge >= 0.3 is 5.97 Å². The number of nitrogens with one attached hydrogen (secondary N) is 1. The van der Waals surface area contributed by atoms with Gasteiger partial charge in [0, 0.05) is 19.6 Å². The Hall–Kier alpha value is -1.39. The Bertz CT molecular complexity index is 467. The first-order valence-electron chi connectivity index (χ1n) is 7.68. The molecule has 4 nitrogen and oxygen atoms in total. The second-order valence-electron chi connectivity index (χ2n) is 6.47. The highest BCUT2D eigenvalue weighted by Gasteiger charge is 2.41. The van der Waals surface area contributed by atoms with E-state index >= 15 is 0 Å². The summed E-state index contributed by atoms with van der Waals surface area (Å²) in [6.07, 6.45) is 1.22. The maximum atomic E-state index is 12.0. The fourth-order valence-electron chi connectivity index (χ4n) is 3.59. The van der Waals surface area contributed by atoms with Gasteiger partial charge in [-0.05, 0) is 30.9 Å². The van der Waals surface area contributed by atoms with Crippen LogP contribution in [0.15, 0.2) is 30.3 Å². The molecule has 21 heavy (non-hydrogen) atoms. The minimum Gasteiger partial charge on any atom is -0.480 e. The number of hydrogen-bond acceptors (Lipinski definition) is 3. The van der Waals surface area contributed by atoms with Crippen LogP contribution in [0.25, 0.3) is 0 Å². The largest absolute Gasteiger partial charge is 0.480 e. The number of aliphatic carboxylic acids is 1. The predicted octanol–water partition coefficient (Wildman–Crippen LogP) is 2.16. The zero-order valence-electron chi connectivity index (χ0n) is 13.2. The van der Waals surface area contributed by atoms with Crippen LogP contribution in [0.1, 0.15) is 25.8 Å². The number of carboxylic acids is 1. The van der Waals surface area contributed by atoms with E-state index in [2.05, 4.69) is 24.1 Å². The lowest BCUT2D eigenvalue weighted by molar-refractivity contribution is -0.146. The average molecular weight is 290 g/mol. The van der Waals surface area contributed by atoms with Gasteiger partial charge in [-0.2, -0.15) is 0 Å². The van der Waals surface area contributed by atoms with E-state index in [0.29, 0.717) is 18.4 Å². The Morgan fingerprint density at radius 2 is 1.86 bits per heavy atom. The van der Waals surface area contributed by atoms with Crippen molar-refractivity contribution in [3.63, 3.8) is 0 Å². The third-order valence-corrected chi connectivity index (χ3v) is 4.46. The molecule has 0 spiro atoms. The lowest BCUT2D eigenvalue weighted by Gasteiger charge is -2.40. The molecule has 0 bridgehead atoms. The van der Waals surface area contributed by atoms with Crippen molar-refractivity contribution in [2.24, 2.45) is 11.8 Å².